The van der Waals surface area contributed by atoms with E-state index in [2.05, 4.69) is 56.7 Å². The van der Waals surface area contributed by atoms with Gasteiger partial charge in [0, 0.05) is 31.9 Å². The van der Waals surface area contributed by atoms with E-state index in [-0.39, 0.29) is 12.0 Å². The lowest BCUT2D eigenvalue weighted by Crippen LogP contribution is -2.46. The fourth-order valence-electron chi connectivity index (χ4n) is 3.63. The van der Waals surface area contributed by atoms with Crippen LogP contribution in [0.25, 0.3) is 0 Å². The largest absolute Gasteiger partial charge is 0.462 e. The number of anilines is 1. The van der Waals surface area contributed by atoms with Crippen LogP contribution in [-0.4, -0.2) is 49.7 Å². The molecule has 1 aromatic carbocycles. The van der Waals surface area contributed by atoms with E-state index in [1.54, 1.807) is 14.0 Å². The van der Waals surface area contributed by atoms with Crippen LogP contribution in [0.3, 0.4) is 0 Å². The quantitative estimate of drug-likeness (QED) is 0.399. The minimum Gasteiger partial charge on any atom is -0.462 e. The Labute approximate surface area is 182 Å². The van der Waals surface area contributed by atoms with Crippen molar-refractivity contribution in [2.75, 3.05) is 31.6 Å². The van der Waals surface area contributed by atoms with Crippen molar-refractivity contribution < 1.29 is 9.53 Å². The smallest absolute Gasteiger partial charge is 0.350 e. The van der Waals surface area contributed by atoms with E-state index in [4.69, 9.17) is 4.74 Å². The van der Waals surface area contributed by atoms with Crippen LogP contribution in [-0.2, 0) is 11.2 Å². The predicted octanol–water partition coefficient (Wildman–Crippen LogP) is 3.31. The molecule has 2 heterocycles. The van der Waals surface area contributed by atoms with Gasteiger partial charge in [0.05, 0.1) is 18.3 Å². The third-order valence-electron chi connectivity index (χ3n) is 5.24. The molecular formula is C22H31N5O2S. The summed E-state index contributed by atoms with van der Waals surface area (Å²) in [5, 5.41) is 7.63. The zero-order valence-corrected chi connectivity index (χ0v) is 19.2. The molecule has 3 rings (SSSR count). The average molecular weight is 430 g/mol. The number of benzene rings is 1. The fourth-order valence-corrected chi connectivity index (χ4v) is 4.59. The summed E-state index contributed by atoms with van der Waals surface area (Å²) < 4.78 is 5.11. The van der Waals surface area contributed by atoms with Crippen LogP contribution in [0.2, 0.25) is 0 Å². The van der Waals surface area contributed by atoms with Gasteiger partial charge in [0.15, 0.2) is 5.96 Å². The van der Waals surface area contributed by atoms with Crippen LogP contribution < -0.4 is 15.5 Å². The van der Waals surface area contributed by atoms with Gasteiger partial charge >= 0.3 is 5.97 Å². The molecule has 1 aromatic heterocycles. The number of ether oxygens (including phenoxy) is 1. The Bertz CT molecular complexity index is 911. The highest BCUT2D eigenvalue weighted by molar-refractivity contribution is 7.13. The maximum atomic E-state index is 12.1. The summed E-state index contributed by atoms with van der Waals surface area (Å²) in [5.41, 5.74) is 3.44. The van der Waals surface area contributed by atoms with E-state index in [0.29, 0.717) is 29.2 Å². The van der Waals surface area contributed by atoms with Gasteiger partial charge in [-0.05, 0) is 45.7 Å². The molecule has 1 aliphatic rings. The first-order chi connectivity index (χ1) is 14.4. The number of para-hydroxylation sites is 1. The van der Waals surface area contributed by atoms with Gasteiger partial charge in [-0.1, -0.05) is 18.2 Å². The van der Waals surface area contributed by atoms with E-state index in [1.165, 1.54) is 22.6 Å². The summed E-state index contributed by atoms with van der Waals surface area (Å²) in [6.07, 6.45) is 1.09. The molecule has 8 heteroatoms. The number of carbonyl (C=O) groups is 1. The van der Waals surface area contributed by atoms with Crippen molar-refractivity contribution in [3.05, 3.63) is 45.4 Å². The van der Waals surface area contributed by atoms with Crippen molar-refractivity contribution in [3.8, 4) is 0 Å². The van der Waals surface area contributed by atoms with Gasteiger partial charge in [0.1, 0.15) is 9.88 Å². The SMILES string of the molecule is CCOC(=O)c1sc(C(C)NC(=NC)NCC(C)N2CCc3ccccc32)nc1C. The lowest BCUT2D eigenvalue weighted by Gasteiger charge is -2.28. The number of aryl methyl sites for hydroxylation is 1. The maximum Gasteiger partial charge on any atom is 0.350 e. The minimum absolute atomic E-state index is 0.0779. The lowest BCUT2D eigenvalue weighted by molar-refractivity contribution is 0.0531. The number of hydrogen-bond donors (Lipinski definition) is 2. The van der Waals surface area contributed by atoms with Gasteiger partial charge < -0.3 is 20.3 Å². The third kappa shape index (κ3) is 4.92. The standard InChI is InChI=1S/C22H31N5O2S/c1-6-29-21(28)19-15(3)25-20(30-19)16(4)26-22(23-5)24-13-14(2)27-12-11-17-9-7-8-10-18(17)27/h7-10,14,16H,6,11-13H2,1-5H3,(H2,23,24,26). The molecule has 2 aromatic rings. The van der Waals surface area contributed by atoms with Gasteiger partial charge in [-0.2, -0.15) is 0 Å². The summed E-state index contributed by atoms with van der Waals surface area (Å²) in [7, 11) is 1.76. The summed E-state index contributed by atoms with van der Waals surface area (Å²) in [5.74, 6) is 0.403. The molecule has 0 aliphatic carbocycles. The van der Waals surface area contributed by atoms with Crippen molar-refractivity contribution in [3.63, 3.8) is 0 Å². The van der Waals surface area contributed by atoms with Crippen molar-refractivity contribution in [1.29, 1.82) is 0 Å². The van der Waals surface area contributed by atoms with E-state index in [1.807, 2.05) is 13.8 Å². The summed E-state index contributed by atoms with van der Waals surface area (Å²) in [6.45, 7) is 10.0. The fraction of sp³-hybridized carbons (Fsp3) is 0.500. The van der Waals surface area contributed by atoms with Crippen LogP contribution >= 0.6 is 11.3 Å². The molecule has 30 heavy (non-hydrogen) atoms. The lowest BCUT2D eigenvalue weighted by atomic mass is 10.2. The predicted molar refractivity (Wildman–Crippen MR) is 123 cm³/mol. The molecular weight excluding hydrogens is 398 g/mol. The van der Waals surface area contributed by atoms with E-state index >= 15 is 0 Å². The van der Waals surface area contributed by atoms with Gasteiger partial charge in [0.2, 0.25) is 0 Å². The first-order valence-electron chi connectivity index (χ1n) is 10.4. The first-order valence-corrected chi connectivity index (χ1v) is 11.2. The number of carbonyl (C=O) groups excluding carboxylic acids is 1. The Balaban J connectivity index is 1.57. The summed E-state index contributed by atoms with van der Waals surface area (Å²) in [6, 6.07) is 8.86. The van der Waals surface area contributed by atoms with Crippen molar-refractivity contribution in [2.24, 2.45) is 4.99 Å². The second-order valence-electron chi connectivity index (χ2n) is 7.43. The number of guanidine groups is 1. The van der Waals surface area contributed by atoms with E-state index in [9.17, 15) is 4.79 Å². The molecule has 2 unspecified atom stereocenters. The average Bonchev–Trinajstić information content (AvgIpc) is 3.34. The van der Waals surface area contributed by atoms with Crippen molar-refractivity contribution in [2.45, 2.75) is 46.2 Å². The molecule has 2 atom stereocenters. The Kier molecular flexibility index (Phi) is 7.31. The molecule has 2 N–H and O–H groups in total. The van der Waals surface area contributed by atoms with Gasteiger partial charge in [-0.25, -0.2) is 9.78 Å². The number of nitrogens with zero attached hydrogens (tertiary/aromatic N) is 3. The Morgan fingerprint density at radius 1 is 1.37 bits per heavy atom. The zero-order chi connectivity index (χ0) is 21.7. The topological polar surface area (TPSA) is 78.8 Å². The number of hydrogen-bond acceptors (Lipinski definition) is 6. The highest BCUT2D eigenvalue weighted by atomic mass is 32.1. The maximum absolute atomic E-state index is 12.1. The summed E-state index contributed by atoms with van der Waals surface area (Å²) >= 11 is 1.37. The number of aliphatic imine (C=N–C) groups is 1. The summed E-state index contributed by atoms with van der Waals surface area (Å²) in [4.78, 5) is 24.0. The second-order valence-corrected chi connectivity index (χ2v) is 8.46. The zero-order valence-electron chi connectivity index (χ0n) is 18.4. The van der Waals surface area contributed by atoms with Gasteiger partial charge in [0.25, 0.3) is 0 Å². The van der Waals surface area contributed by atoms with Crippen LogP contribution in [0.15, 0.2) is 29.3 Å². The number of rotatable bonds is 7. The van der Waals surface area contributed by atoms with Crippen LogP contribution in [0.4, 0.5) is 5.69 Å². The van der Waals surface area contributed by atoms with Gasteiger partial charge in [-0.3, -0.25) is 4.99 Å². The molecule has 1 aliphatic heterocycles. The highest BCUT2D eigenvalue weighted by Gasteiger charge is 2.24. The highest BCUT2D eigenvalue weighted by Crippen LogP contribution is 2.29. The second kappa shape index (κ2) is 9.93. The molecule has 0 fully saturated rings. The number of nitrogens with one attached hydrogen (secondary N) is 2. The normalized spacial score (nSPS) is 15.5. The van der Waals surface area contributed by atoms with Crippen LogP contribution in [0.5, 0.6) is 0 Å². The molecule has 0 radical (unpaired) electrons. The minimum atomic E-state index is -0.312. The van der Waals surface area contributed by atoms with Crippen LogP contribution in [0, 0.1) is 6.92 Å². The van der Waals surface area contributed by atoms with E-state index in [0.717, 1.165) is 24.5 Å². The number of thiazole rings is 1. The molecule has 0 amide bonds. The Morgan fingerprint density at radius 2 is 2.13 bits per heavy atom. The molecule has 7 nitrogen and oxygen atoms in total. The first kappa shape index (κ1) is 22.1. The third-order valence-corrected chi connectivity index (χ3v) is 6.56. The van der Waals surface area contributed by atoms with E-state index < -0.39 is 0 Å². The molecule has 0 saturated heterocycles. The Morgan fingerprint density at radius 3 is 2.87 bits per heavy atom. The number of esters is 1. The van der Waals surface area contributed by atoms with Gasteiger partial charge in [-0.15, -0.1) is 11.3 Å². The van der Waals surface area contributed by atoms with Crippen LogP contribution in [0.1, 0.15) is 52.7 Å². The van der Waals surface area contributed by atoms with Crippen molar-refractivity contribution in [1.82, 2.24) is 15.6 Å². The number of fused-ring (bicyclic) bond motifs is 1. The number of aromatic nitrogens is 1. The van der Waals surface area contributed by atoms with Crippen molar-refractivity contribution >= 4 is 29.0 Å². The monoisotopic (exact) mass is 429 g/mol. The molecule has 0 saturated carbocycles. The molecule has 162 valence electrons. The Hall–Kier alpha value is -2.61. The molecule has 0 bridgehead atoms. The molecule has 0 spiro atoms.